The third-order valence-electron chi connectivity index (χ3n) is 1.62. The van der Waals surface area contributed by atoms with Gasteiger partial charge in [-0.2, -0.15) is 0 Å². The zero-order valence-electron chi connectivity index (χ0n) is 6.12. The van der Waals surface area contributed by atoms with Crippen molar-refractivity contribution in [3.63, 3.8) is 0 Å². The van der Waals surface area contributed by atoms with Gasteiger partial charge in [-0.1, -0.05) is 0 Å². The summed E-state index contributed by atoms with van der Waals surface area (Å²) in [5.41, 5.74) is 1.21. The first kappa shape index (κ1) is 7.34. The van der Waals surface area contributed by atoms with Crippen molar-refractivity contribution in [1.29, 1.82) is 0 Å². The molecule has 0 radical (unpaired) electrons. The van der Waals surface area contributed by atoms with Crippen LogP contribution in [-0.2, 0) is 4.74 Å². The van der Waals surface area contributed by atoms with Gasteiger partial charge in [0.2, 0.25) is 0 Å². The van der Waals surface area contributed by atoms with Crippen LogP contribution in [0.15, 0.2) is 12.4 Å². The van der Waals surface area contributed by atoms with Crippen molar-refractivity contribution >= 4 is 15.0 Å². The third-order valence-corrected chi connectivity index (χ3v) is 4.21. The molecule has 2 rings (SSSR count). The number of nitrogens with zero attached hydrogens (tertiary/aromatic N) is 1. The van der Waals surface area contributed by atoms with Gasteiger partial charge in [-0.25, -0.2) is 0 Å². The van der Waals surface area contributed by atoms with Crippen molar-refractivity contribution in [3.05, 3.63) is 18.0 Å². The second-order valence-corrected chi connectivity index (χ2v) is 4.91. The molecule has 0 aromatic carbocycles. The number of hydrogen-bond acceptors (Lipinski definition) is 2. The van der Waals surface area contributed by atoms with Gasteiger partial charge in [0.05, 0.1) is 0 Å². The Morgan fingerprint density at radius 3 is 3.36 bits per heavy atom. The summed E-state index contributed by atoms with van der Waals surface area (Å²) in [6, 6.07) is 0. The van der Waals surface area contributed by atoms with Crippen molar-refractivity contribution in [3.8, 4) is 0 Å². The number of nitrogens with one attached hydrogen (secondary N) is 1. The Morgan fingerprint density at radius 2 is 2.73 bits per heavy atom. The molecule has 1 aliphatic heterocycles. The molecule has 1 unspecified atom stereocenters. The topological polar surface area (TPSA) is 37.9 Å². The molecule has 3 nitrogen and oxygen atoms in total. The normalized spacial score (nSPS) is 25.3. The van der Waals surface area contributed by atoms with E-state index in [9.17, 15) is 0 Å². The average molecular weight is 217 g/mol. The minimum absolute atomic E-state index is 0.356. The number of aromatic amines is 1. The molecule has 0 spiro atoms. The van der Waals surface area contributed by atoms with Crippen molar-refractivity contribution in [2.75, 3.05) is 6.61 Å². The fraction of sp³-hybridized carbons (Fsp3) is 0.571. The number of ether oxygens (including phenoxy) is 1. The average Bonchev–Trinajstić information content (AvgIpc) is 2.58. The minimum atomic E-state index is 0.356. The third kappa shape index (κ3) is 1.64. The Balaban J connectivity index is 2.04. The van der Waals surface area contributed by atoms with E-state index in [2.05, 4.69) is 10.2 Å². The van der Waals surface area contributed by atoms with Crippen LogP contribution in [0.25, 0.3) is 0 Å². The molecule has 0 bridgehead atoms. The number of H-pyrrole nitrogens is 1. The molecule has 4 heteroatoms. The second kappa shape index (κ2) is 3.39. The summed E-state index contributed by atoms with van der Waals surface area (Å²) in [7, 11) is 0. The van der Waals surface area contributed by atoms with Gasteiger partial charge in [-0.15, -0.1) is 0 Å². The Morgan fingerprint density at radius 1 is 1.73 bits per heavy atom. The molecule has 1 aromatic heterocycles. The molecule has 0 amide bonds. The van der Waals surface area contributed by atoms with Crippen LogP contribution in [0.4, 0.5) is 0 Å². The van der Waals surface area contributed by atoms with Crippen molar-refractivity contribution in [2.45, 2.75) is 16.7 Å². The Kier molecular flexibility index (Phi) is 2.26. The first-order chi connectivity index (χ1) is 5.47. The van der Waals surface area contributed by atoms with Gasteiger partial charge in [0.25, 0.3) is 0 Å². The van der Waals surface area contributed by atoms with Gasteiger partial charge in [-0.05, 0) is 0 Å². The van der Waals surface area contributed by atoms with E-state index in [4.69, 9.17) is 4.74 Å². The first-order valence-corrected chi connectivity index (χ1v) is 5.89. The summed E-state index contributed by atoms with van der Waals surface area (Å²) in [4.78, 5) is 0. The van der Waals surface area contributed by atoms with Gasteiger partial charge >= 0.3 is 71.2 Å². The SMILES string of the molecule is c1n[nH]cc1C1OCCC[Se]1. The molecule has 0 saturated carbocycles. The van der Waals surface area contributed by atoms with Crippen LogP contribution in [0.2, 0.25) is 5.32 Å². The van der Waals surface area contributed by atoms with Crippen LogP contribution in [0, 0.1) is 0 Å². The molecule has 11 heavy (non-hydrogen) atoms. The van der Waals surface area contributed by atoms with E-state index in [1.807, 2.05) is 12.4 Å². The Hall–Kier alpha value is -0.311. The monoisotopic (exact) mass is 218 g/mol. The molecule has 0 aliphatic carbocycles. The fourth-order valence-corrected chi connectivity index (χ4v) is 3.19. The van der Waals surface area contributed by atoms with E-state index in [1.54, 1.807) is 0 Å². The molecule has 2 heterocycles. The van der Waals surface area contributed by atoms with E-state index in [1.165, 1.54) is 17.3 Å². The van der Waals surface area contributed by atoms with Gasteiger partial charge in [0, 0.05) is 0 Å². The summed E-state index contributed by atoms with van der Waals surface area (Å²) >= 11 is 0.613. The van der Waals surface area contributed by atoms with Gasteiger partial charge in [-0.3, -0.25) is 0 Å². The van der Waals surface area contributed by atoms with Crippen LogP contribution in [0.3, 0.4) is 0 Å². The van der Waals surface area contributed by atoms with Crippen LogP contribution in [-0.4, -0.2) is 31.8 Å². The molecular weight excluding hydrogens is 207 g/mol. The molecule has 1 aromatic rings. The van der Waals surface area contributed by atoms with E-state index >= 15 is 0 Å². The van der Waals surface area contributed by atoms with Crippen LogP contribution in [0.5, 0.6) is 0 Å². The quantitative estimate of drug-likeness (QED) is 0.711. The predicted octanol–water partition coefficient (Wildman–Crippen LogP) is 0.951. The van der Waals surface area contributed by atoms with Crippen molar-refractivity contribution < 1.29 is 4.74 Å². The molecule has 1 N–H and O–H groups in total. The van der Waals surface area contributed by atoms with E-state index in [-0.39, 0.29) is 0 Å². The van der Waals surface area contributed by atoms with Gasteiger partial charge in [0.1, 0.15) is 0 Å². The summed E-state index contributed by atoms with van der Waals surface area (Å²) in [5.74, 6) is 0. The van der Waals surface area contributed by atoms with E-state index in [0.29, 0.717) is 20.0 Å². The van der Waals surface area contributed by atoms with E-state index in [0.717, 1.165) is 6.61 Å². The van der Waals surface area contributed by atoms with Gasteiger partial charge in [0.15, 0.2) is 0 Å². The van der Waals surface area contributed by atoms with Crippen molar-refractivity contribution in [2.24, 2.45) is 0 Å². The molecule has 1 saturated heterocycles. The number of aromatic nitrogens is 2. The van der Waals surface area contributed by atoms with E-state index < -0.39 is 0 Å². The second-order valence-electron chi connectivity index (χ2n) is 2.46. The first-order valence-electron chi connectivity index (χ1n) is 3.69. The maximum absolute atomic E-state index is 5.59. The Bertz CT molecular complexity index is 206. The molecular formula is C7H10N2OSe. The molecule has 1 atom stereocenters. The number of hydrogen-bond donors (Lipinski definition) is 1. The maximum atomic E-state index is 5.59. The Labute approximate surface area is 71.7 Å². The van der Waals surface area contributed by atoms with Crippen molar-refractivity contribution in [1.82, 2.24) is 10.2 Å². The number of rotatable bonds is 1. The molecule has 1 aliphatic rings. The van der Waals surface area contributed by atoms with Crippen LogP contribution >= 0.6 is 0 Å². The standard InChI is InChI=1S/C7H10N2OSe/c1-2-10-7(11-3-1)6-4-8-9-5-6/h4-5,7H,1-3H2,(H,8,9). The fourth-order valence-electron chi connectivity index (χ4n) is 1.07. The zero-order chi connectivity index (χ0) is 7.52. The zero-order valence-corrected chi connectivity index (χ0v) is 7.83. The summed E-state index contributed by atoms with van der Waals surface area (Å²) in [6.45, 7) is 0.914. The molecule has 1 fully saturated rings. The summed E-state index contributed by atoms with van der Waals surface area (Å²) in [6.07, 6.45) is 5.02. The van der Waals surface area contributed by atoms with Crippen LogP contribution < -0.4 is 0 Å². The summed E-state index contributed by atoms with van der Waals surface area (Å²) in [5, 5.41) is 8.40. The van der Waals surface area contributed by atoms with Crippen LogP contribution in [0.1, 0.15) is 17.0 Å². The summed E-state index contributed by atoms with van der Waals surface area (Å²) < 4.78 is 5.59. The van der Waals surface area contributed by atoms with Gasteiger partial charge < -0.3 is 0 Å². The predicted molar refractivity (Wildman–Crippen MR) is 42.5 cm³/mol. The molecule has 60 valence electrons.